The molecule has 1 aromatic heterocycles. The molecule has 1 aliphatic carbocycles. The average molecular weight is 329 g/mol. The maximum atomic E-state index is 9.33. The summed E-state index contributed by atoms with van der Waals surface area (Å²) < 4.78 is 5.38. The van der Waals surface area contributed by atoms with Gasteiger partial charge in [0.2, 0.25) is 11.7 Å². The van der Waals surface area contributed by atoms with Crippen LogP contribution < -0.4 is 0 Å². The van der Waals surface area contributed by atoms with E-state index in [9.17, 15) is 5.11 Å². The molecule has 1 N–H and O–H groups in total. The van der Waals surface area contributed by atoms with Crippen LogP contribution in [0.5, 0.6) is 0 Å². The van der Waals surface area contributed by atoms with Gasteiger partial charge in [0.05, 0.1) is 6.61 Å². The quantitative estimate of drug-likeness (QED) is 0.805. The van der Waals surface area contributed by atoms with Crippen LogP contribution in [0, 0.1) is 0 Å². The summed E-state index contributed by atoms with van der Waals surface area (Å²) in [6.45, 7) is 1.98. The predicted octanol–water partition coefficient (Wildman–Crippen LogP) is 3.30. The Kier molecular flexibility index (Phi) is 6.38. The molecule has 0 amide bonds. The number of aliphatic hydroxyl groups is 1. The first-order valence-corrected chi connectivity index (χ1v) is 9.10. The van der Waals surface area contributed by atoms with Crippen LogP contribution in [-0.2, 0) is 6.42 Å². The molecule has 3 rings (SSSR count). The lowest BCUT2D eigenvalue weighted by atomic mass is 9.94. The Balaban J connectivity index is 1.50. The summed E-state index contributed by atoms with van der Waals surface area (Å²) in [6.07, 6.45) is 8.28. The van der Waals surface area contributed by atoms with Gasteiger partial charge in [0.25, 0.3) is 0 Å². The van der Waals surface area contributed by atoms with Gasteiger partial charge in [-0.3, -0.25) is 4.90 Å². The molecule has 0 unspecified atom stereocenters. The van der Waals surface area contributed by atoms with Crippen molar-refractivity contribution in [2.45, 2.75) is 51.0 Å². The van der Waals surface area contributed by atoms with Crippen molar-refractivity contribution < 1.29 is 9.63 Å². The molecule has 0 atom stereocenters. The smallest absolute Gasteiger partial charge is 0.227 e. The van der Waals surface area contributed by atoms with Gasteiger partial charge in [-0.1, -0.05) is 54.8 Å². The maximum Gasteiger partial charge on any atom is 0.227 e. The number of hydrogen-bond donors (Lipinski definition) is 1. The van der Waals surface area contributed by atoms with E-state index < -0.39 is 0 Å². The highest BCUT2D eigenvalue weighted by Gasteiger charge is 2.20. The van der Waals surface area contributed by atoms with Crippen LogP contribution in [0.4, 0.5) is 0 Å². The van der Waals surface area contributed by atoms with Crippen LogP contribution in [0.3, 0.4) is 0 Å². The summed E-state index contributed by atoms with van der Waals surface area (Å²) >= 11 is 0. The molecule has 2 aromatic rings. The number of aliphatic hydroxyl groups excluding tert-OH is 1. The molecule has 0 radical (unpaired) electrons. The topological polar surface area (TPSA) is 62.4 Å². The fraction of sp³-hybridized carbons (Fsp3) is 0.579. The molecule has 0 spiro atoms. The first-order chi connectivity index (χ1) is 11.9. The van der Waals surface area contributed by atoms with Crippen molar-refractivity contribution in [1.82, 2.24) is 15.0 Å². The molecule has 1 saturated carbocycles. The average Bonchev–Trinajstić information content (AvgIpc) is 3.11. The molecule has 1 heterocycles. The molecular formula is C19H27N3O2. The Morgan fingerprint density at radius 1 is 1.08 bits per heavy atom. The van der Waals surface area contributed by atoms with Crippen LogP contribution >= 0.6 is 0 Å². The highest BCUT2D eigenvalue weighted by Crippen LogP contribution is 2.23. The largest absolute Gasteiger partial charge is 0.395 e. The molecule has 1 aliphatic rings. The van der Waals surface area contributed by atoms with E-state index in [2.05, 4.69) is 15.0 Å². The Morgan fingerprint density at radius 3 is 2.62 bits per heavy atom. The molecule has 0 bridgehead atoms. The number of hydrogen-bond acceptors (Lipinski definition) is 5. The first kappa shape index (κ1) is 17.1. The number of aryl methyl sites for hydroxylation is 1. The minimum Gasteiger partial charge on any atom is -0.395 e. The van der Waals surface area contributed by atoms with E-state index in [1.807, 2.05) is 30.3 Å². The summed E-state index contributed by atoms with van der Waals surface area (Å²) in [6, 6.07) is 10.5. The van der Waals surface area contributed by atoms with Gasteiger partial charge in [-0.2, -0.15) is 4.98 Å². The van der Waals surface area contributed by atoms with Crippen molar-refractivity contribution in [3.05, 3.63) is 36.2 Å². The normalized spacial score (nSPS) is 15.9. The van der Waals surface area contributed by atoms with Crippen molar-refractivity contribution in [3.63, 3.8) is 0 Å². The number of nitrogens with zero attached hydrogens (tertiary/aromatic N) is 3. The standard InChI is InChI=1S/C19H27N3O2/c23-15-14-22(17-10-5-2-6-11-17)13-7-12-18-20-19(21-24-18)16-8-3-1-4-9-16/h1,3-4,8-9,17,23H,2,5-7,10-15H2. The first-order valence-electron chi connectivity index (χ1n) is 9.10. The molecule has 1 aromatic carbocycles. The second-order valence-corrected chi connectivity index (χ2v) is 6.53. The molecule has 5 nitrogen and oxygen atoms in total. The Hall–Kier alpha value is -1.72. The van der Waals surface area contributed by atoms with Gasteiger partial charge in [0, 0.05) is 24.6 Å². The third-order valence-corrected chi connectivity index (χ3v) is 4.81. The van der Waals surface area contributed by atoms with Crippen LogP contribution in [0.2, 0.25) is 0 Å². The van der Waals surface area contributed by atoms with E-state index in [0.29, 0.717) is 17.8 Å². The Morgan fingerprint density at radius 2 is 1.88 bits per heavy atom. The van der Waals surface area contributed by atoms with Gasteiger partial charge in [0.1, 0.15) is 0 Å². The monoisotopic (exact) mass is 329 g/mol. The van der Waals surface area contributed by atoms with Crippen molar-refractivity contribution in [3.8, 4) is 11.4 Å². The molecule has 5 heteroatoms. The third-order valence-electron chi connectivity index (χ3n) is 4.81. The van der Waals surface area contributed by atoms with Gasteiger partial charge in [-0.15, -0.1) is 0 Å². The van der Waals surface area contributed by atoms with E-state index in [-0.39, 0.29) is 6.61 Å². The van der Waals surface area contributed by atoms with Crippen LogP contribution in [0.1, 0.15) is 44.4 Å². The molecule has 1 fully saturated rings. The van der Waals surface area contributed by atoms with Gasteiger partial charge in [-0.25, -0.2) is 0 Å². The van der Waals surface area contributed by atoms with Crippen molar-refractivity contribution in [2.75, 3.05) is 19.7 Å². The van der Waals surface area contributed by atoms with Gasteiger partial charge >= 0.3 is 0 Å². The van der Waals surface area contributed by atoms with E-state index >= 15 is 0 Å². The van der Waals surface area contributed by atoms with Crippen molar-refractivity contribution in [1.29, 1.82) is 0 Å². The SMILES string of the molecule is OCCN(CCCc1nc(-c2ccccc2)no1)C1CCCCC1. The second-order valence-electron chi connectivity index (χ2n) is 6.53. The highest BCUT2D eigenvalue weighted by atomic mass is 16.5. The molecule has 130 valence electrons. The fourth-order valence-corrected chi connectivity index (χ4v) is 3.55. The second kappa shape index (κ2) is 8.94. The van der Waals surface area contributed by atoms with Crippen molar-refractivity contribution >= 4 is 0 Å². The Labute approximate surface area is 143 Å². The Bertz CT molecular complexity index is 594. The fourth-order valence-electron chi connectivity index (χ4n) is 3.55. The minimum atomic E-state index is 0.231. The van der Waals surface area contributed by atoms with Gasteiger partial charge < -0.3 is 9.63 Å². The van der Waals surface area contributed by atoms with Crippen LogP contribution in [0.25, 0.3) is 11.4 Å². The molecular weight excluding hydrogens is 302 g/mol. The number of rotatable bonds is 8. The van der Waals surface area contributed by atoms with Gasteiger partial charge in [0.15, 0.2) is 0 Å². The molecule has 0 aliphatic heterocycles. The molecule has 24 heavy (non-hydrogen) atoms. The summed E-state index contributed by atoms with van der Waals surface area (Å²) in [5, 5.41) is 13.4. The van der Waals surface area contributed by atoms with E-state index in [1.54, 1.807) is 0 Å². The summed E-state index contributed by atoms with van der Waals surface area (Å²) in [5.41, 5.74) is 0.983. The maximum absolute atomic E-state index is 9.33. The van der Waals surface area contributed by atoms with Gasteiger partial charge in [-0.05, 0) is 25.8 Å². The minimum absolute atomic E-state index is 0.231. The lowest BCUT2D eigenvalue weighted by Crippen LogP contribution is -2.39. The third kappa shape index (κ3) is 4.65. The lowest BCUT2D eigenvalue weighted by molar-refractivity contribution is 0.122. The van der Waals surface area contributed by atoms with Crippen molar-refractivity contribution in [2.24, 2.45) is 0 Å². The molecule has 0 saturated heterocycles. The summed E-state index contributed by atoms with van der Waals surface area (Å²) in [4.78, 5) is 6.93. The predicted molar refractivity (Wildman–Crippen MR) is 93.6 cm³/mol. The number of aromatic nitrogens is 2. The van der Waals surface area contributed by atoms with E-state index in [4.69, 9.17) is 4.52 Å². The number of benzene rings is 1. The van der Waals surface area contributed by atoms with E-state index in [0.717, 1.165) is 31.5 Å². The van der Waals surface area contributed by atoms with E-state index in [1.165, 1.54) is 32.1 Å². The van der Waals surface area contributed by atoms with Crippen LogP contribution in [0.15, 0.2) is 34.9 Å². The summed E-state index contributed by atoms with van der Waals surface area (Å²) in [5.74, 6) is 1.35. The lowest BCUT2D eigenvalue weighted by Gasteiger charge is -2.33. The van der Waals surface area contributed by atoms with Crippen LogP contribution in [-0.4, -0.2) is 45.9 Å². The zero-order chi connectivity index (χ0) is 16.6. The summed E-state index contributed by atoms with van der Waals surface area (Å²) in [7, 11) is 0. The zero-order valence-corrected chi connectivity index (χ0v) is 14.2. The highest BCUT2D eigenvalue weighted by molar-refractivity contribution is 5.53. The zero-order valence-electron chi connectivity index (χ0n) is 14.2.